The lowest BCUT2D eigenvalue weighted by Crippen LogP contribution is -2.56. The summed E-state index contributed by atoms with van der Waals surface area (Å²) >= 11 is 6.57. The second-order valence-electron chi connectivity index (χ2n) is 12.3. The van der Waals surface area contributed by atoms with Gasteiger partial charge in [0.15, 0.2) is 0 Å². The van der Waals surface area contributed by atoms with Crippen LogP contribution in [0.2, 0.25) is 0 Å². The molecule has 0 aliphatic heterocycles. The highest BCUT2D eigenvalue weighted by atomic mass is 35.5. The lowest BCUT2D eigenvalue weighted by Gasteiger charge is -2.60. The molecule has 0 bridgehead atoms. The Morgan fingerprint density at radius 2 is 1.79 bits per heavy atom. The van der Waals surface area contributed by atoms with Gasteiger partial charge in [0.05, 0.1) is 0 Å². The molecule has 0 aromatic rings. The summed E-state index contributed by atoms with van der Waals surface area (Å²) in [7, 11) is 0. The van der Waals surface area contributed by atoms with Crippen LogP contribution in [0.15, 0.2) is 11.6 Å². The Hall–Kier alpha value is -0.0100. The van der Waals surface area contributed by atoms with E-state index in [9.17, 15) is 0 Å². The molecule has 4 rings (SSSR count). The van der Waals surface area contributed by atoms with E-state index < -0.39 is 0 Å². The molecule has 0 saturated heterocycles. The zero-order valence-corrected chi connectivity index (χ0v) is 20.5. The number of nitrogens with two attached hydrogens (primary N) is 1. The third-order valence-corrected chi connectivity index (χ3v) is 10.7. The third-order valence-electron chi connectivity index (χ3n) is 10.3. The fourth-order valence-electron chi connectivity index (χ4n) is 8.72. The summed E-state index contributed by atoms with van der Waals surface area (Å²) in [6.45, 7) is 12.5. The van der Waals surface area contributed by atoms with E-state index in [0.717, 1.165) is 36.0 Å². The van der Waals surface area contributed by atoms with Crippen LogP contribution in [-0.4, -0.2) is 11.4 Å². The molecular formula is C27H46ClN. The van der Waals surface area contributed by atoms with Crippen LogP contribution in [0.4, 0.5) is 0 Å². The molecular weight excluding hydrogens is 374 g/mol. The van der Waals surface area contributed by atoms with Crippen LogP contribution in [0.5, 0.6) is 0 Å². The maximum Gasteiger partial charge on any atom is 0.0373 e. The number of rotatable bonds is 5. The van der Waals surface area contributed by atoms with Crippen LogP contribution in [0, 0.1) is 46.3 Å². The zero-order chi connectivity index (χ0) is 21.0. The Labute approximate surface area is 185 Å². The highest BCUT2D eigenvalue weighted by Gasteiger charge is 2.60. The summed E-state index contributed by atoms with van der Waals surface area (Å²) in [5.74, 6) is 4.93. The molecule has 3 saturated carbocycles. The summed E-state index contributed by atoms with van der Waals surface area (Å²) in [6, 6.07) is 0.254. The molecule has 166 valence electrons. The van der Waals surface area contributed by atoms with Crippen LogP contribution >= 0.6 is 11.6 Å². The highest BCUT2D eigenvalue weighted by Crippen LogP contribution is 2.67. The average Bonchev–Trinajstić information content (AvgIpc) is 3.00. The largest absolute Gasteiger partial charge is 0.324 e. The average molecular weight is 420 g/mol. The monoisotopic (exact) mass is 419 g/mol. The number of hydrogen-bond acceptors (Lipinski definition) is 1. The van der Waals surface area contributed by atoms with Crippen molar-refractivity contribution < 1.29 is 0 Å². The molecule has 0 aromatic heterocycles. The van der Waals surface area contributed by atoms with E-state index in [-0.39, 0.29) is 6.04 Å². The van der Waals surface area contributed by atoms with Crippen molar-refractivity contribution in [2.45, 2.75) is 110 Å². The molecule has 1 nitrogen and oxygen atoms in total. The molecule has 4 aliphatic carbocycles. The maximum atomic E-state index is 6.93. The first-order valence-corrected chi connectivity index (χ1v) is 13.2. The Balaban J connectivity index is 1.54. The predicted octanol–water partition coefficient (Wildman–Crippen LogP) is 7.57. The van der Waals surface area contributed by atoms with E-state index in [1.807, 2.05) is 0 Å². The number of allylic oxidation sites excluding steroid dienone is 1. The molecule has 0 aromatic carbocycles. The fourth-order valence-corrected chi connectivity index (χ4v) is 8.99. The van der Waals surface area contributed by atoms with Gasteiger partial charge in [-0.25, -0.2) is 0 Å². The third kappa shape index (κ3) is 3.75. The smallest absolute Gasteiger partial charge is 0.0373 e. The molecule has 9 atom stereocenters. The first-order valence-electron chi connectivity index (χ1n) is 12.8. The Morgan fingerprint density at radius 1 is 1.03 bits per heavy atom. The first-order chi connectivity index (χ1) is 13.7. The van der Waals surface area contributed by atoms with Crippen LogP contribution in [0.1, 0.15) is 98.8 Å². The van der Waals surface area contributed by atoms with E-state index in [1.165, 1.54) is 57.8 Å². The van der Waals surface area contributed by atoms with Gasteiger partial charge in [-0.05, 0) is 91.3 Å². The molecule has 4 aliphatic rings. The molecule has 0 heterocycles. The Bertz CT molecular complexity index is 626. The minimum absolute atomic E-state index is 0.254. The topological polar surface area (TPSA) is 26.0 Å². The van der Waals surface area contributed by atoms with Crippen molar-refractivity contribution in [2.75, 3.05) is 0 Å². The molecule has 0 radical (unpaired) electrons. The van der Waals surface area contributed by atoms with Crippen LogP contribution < -0.4 is 5.73 Å². The summed E-state index contributed by atoms with van der Waals surface area (Å²) in [5, 5.41) is 0.328. The number of hydrogen-bond donors (Lipinski definition) is 1. The molecule has 29 heavy (non-hydrogen) atoms. The van der Waals surface area contributed by atoms with Gasteiger partial charge >= 0.3 is 0 Å². The maximum absolute atomic E-state index is 6.93. The van der Waals surface area contributed by atoms with Gasteiger partial charge in [0, 0.05) is 11.4 Å². The molecule has 0 unspecified atom stereocenters. The van der Waals surface area contributed by atoms with E-state index in [4.69, 9.17) is 17.3 Å². The Kier molecular flexibility index (Phi) is 6.24. The summed E-state index contributed by atoms with van der Waals surface area (Å²) < 4.78 is 0. The van der Waals surface area contributed by atoms with Gasteiger partial charge in [0.2, 0.25) is 0 Å². The van der Waals surface area contributed by atoms with E-state index >= 15 is 0 Å². The van der Waals surface area contributed by atoms with E-state index in [0.29, 0.717) is 22.1 Å². The summed E-state index contributed by atoms with van der Waals surface area (Å²) in [5.41, 5.74) is 9.42. The van der Waals surface area contributed by atoms with Crippen molar-refractivity contribution in [3.8, 4) is 0 Å². The summed E-state index contributed by atoms with van der Waals surface area (Å²) in [4.78, 5) is 0. The standard InChI is InChI=1S/C27H46ClN/c1-17(2)7-6-8-18(3)21-9-10-22-25-23(12-14-27(21,22)5)26(4)13-11-20(28)15-19(26)16-24(25)29/h16-18,20-25H,6-15,29H2,1-5H3/t18-,20-,21-,22+,23+,24+,25+,26-,27-/m0/s1. The van der Waals surface area contributed by atoms with Crippen LogP contribution in [-0.2, 0) is 0 Å². The number of fused-ring (bicyclic) bond motifs is 5. The van der Waals surface area contributed by atoms with Crippen LogP contribution in [0.3, 0.4) is 0 Å². The molecule has 2 N–H and O–H groups in total. The fraction of sp³-hybridized carbons (Fsp3) is 0.926. The lowest BCUT2D eigenvalue weighted by molar-refractivity contribution is -0.0561. The van der Waals surface area contributed by atoms with Gasteiger partial charge in [-0.1, -0.05) is 65.5 Å². The predicted molar refractivity (Wildman–Crippen MR) is 126 cm³/mol. The lowest BCUT2D eigenvalue weighted by atomic mass is 9.46. The van der Waals surface area contributed by atoms with Gasteiger partial charge in [-0.3, -0.25) is 0 Å². The van der Waals surface area contributed by atoms with Gasteiger partial charge in [-0.15, -0.1) is 11.6 Å². The van der Waals surface area contributed by atoms with Crippen molar-refractivity contribution in [2.24, 2.45) is 52.1 Å². The normalized spacial score (nSPS) is 47.9. The molecule has 3 fully saturated rings. The van der Waals surface area contributed by atoms with E-state index in [1.54, 1.807) is 5.57 Å². The second kappa shape index (κ2) is 8.16. The second-order valence-corrected chi connectivity index (χ2v) is 13.0. The van der Waals surface area contributed by atoms with Gasteiger partial charge in [-0.2, -0.15) is 0 Å². The quantitative estimate of drug-likeness (QED) is 0.360. The molecule has 0 spiro atoms. The highest BCUT2D eigenvalue weighted by molar-refractivity contribution is 6.20. The number of alkyl halides is 1. The van der Waals surface area contributed by atoms with Crippen LogP contribution in [0.25, 0.3) is 0 Å². The Morgan fingerprint density at radius 3 is 2.52 bits per heavy atom. The molecule has 2 heteroatoms. The SMILES string of the molecule is CC(C)CCC[C@H](C)[C@@H]1CC[C@@H]2[C@H]3[C@H](N)C=C4C[C@@H](Cl)CC[C@]4(C)[C@@H]3CC[C@]21C. The van der Waals surface area contributed by atoms with Gasteiger partial charge < -0.3 is 5.73 Å². The minimum Gasteiger partial charge on any atom is -0.324 e. The van der Waals surface area contributed by atoms with Gasteiger partial charge in [0.25, 0.3) is 0 Å². The van der Waals surface area contributed by atoms with Crippen molar-refractivity contribution in [3.05, 3.63) is 11.6 Å². The summed E-state index contributed by atoms with van der Waals surface area (Å²) in [6.07, 6.45) is 15.9. The zero-order valence-electron chi connectivity index (χ0n) is 19.7. The van der Waals surface area contributed by atoms with Crippen molar-refractivity contribution >= 4 is 11.6 Å². The minimum atomic E-state index is 0.254. The van der Waals surface area contributed by atoms with Crippen molar-refractivity contribution in [1.82, 2.24) is 0 Å². The van der Waals surface area contributed by atoms with Crippen molar-refractivity contribution in [3.63, 3.8) is 0 Å². The van der Waals surface area contributed by atoms with Gasteiger partial charge in [0.1, 0.15) is 0 Å². The molecule has 0 amide bonds. The van der Waals surface area contributed by atoms with E-state index in [2.05, 4.69) is 40.7 Å². The first kappa shape index (κ1) is 22.2. The van der Waals surface area contributed by atoms with Crippen molar-refractivity contribution in [1.29, 1.82) is 0 Å². The number of halogens is 1.